The zero-order chi connectivity index (χ0) is 26.4. The van der Waals surface area contributed by atoms with Gasteiger partial charge < -0.3 is 30.3 Å². The lowest BCUT2D eigenvalue weighted by atomic mass is 9.80. The quantitative estimate of drug-likeness (QED) is 0.439. The second kappa shape index (κ2) is 9.30. The van der Waals surface area contributed by atoms with Crippen LogP contribution in [0, 0.1) is 0 Å². The van der Waals surface area contributed by atoms with Crippen molar-refractivity contribution in [2.24, 2.45) is 0 Å². The van der Waals surface area contributed by atoms with Gasteiger partial charge in [0.25, 0.3) is 0 Å². The first-order chi connectivity index (χ1) is 15.9. The number of anilines is 1. The molecule has 0 atom stereocenters. The van der Waals surface area contributed by atoms with E-state index in [-0.39, 0.29) is 36.7 Å². The van der Waals surface area contributed by atoms with Gasteiger partial charge in [0.2, 0.25) is 5.95 Å². The Morgan fingerprint density at radius 2 is 1.14 bits per heavy atom. The Bertz CT molecular complexity index is 839. The van der Waals surface area contributed by atoms with Gasteiger partial charge in [0, 0.05) is 47.8 Å². The summed E-state index contributed by atoms with van der Waals surface area (Å²) in [6.07, 6.45) is 1.55. The number of aromatic nitrogens is 3. The second-order valence-corrected chi connectivity index (χ2v) is 12.1. The van der Waals surface area contributed by atoms with Gasteiger partial charge in [-0.1, -0.05) is 0 Å². The molecule has 35 heavy (non-hydrogen) atoms. The minimum Gasteiger partial charge on any atom is -0.480 e. The highest BCUT2D eigenvalue weighted by molar-refractivity contribution is 5.71. The third-order valence-electron chi connectivity index (χ3n) is 6.74. The lowest BCUT2D eigenvalue weighted by Gasteiger charge is -2.51. The van der Waals surface area contributed by atoms with Crippen LogP contribution in [0.1, 0.15) is 81.1 Å². The molecule has 1 aromatic heterocycles. The Kier molecular flexibility index (Phi) is 7.26. The highest BCUT2D eigenvalue weighted by atomic mass is 16.5. The molecular weight excluding hydrogens is 456 g/mol. The molecule has 0 aromatic carbocycles. The van der Waals surface area contributed by atoms with Crippen LogP contribution in [0.25, 0.3) is 0 Å². The van der Waals surface area contributed by atoms with Crippen molar-refractivity contribution in [3.05, 3.63) is 0 Å². The Morgan fingerprint density at radius 1 is 0.800 bits per heavy atom. The predicted molar refractivity (Wildman–Crippen MR) is 127 cm³/mol. The Labute approximate surface area is 206 Å². The molecular formula is C23H40N6O6. The van der Waals surface area contributed by atoms with E-state index in [4.69, 9.17) is 14.6 Å². The third kappa shape index (κ3) is 6.29. The summed E-state index contributed by atoms with van der Waals surface area (Å²) in [6, 6.07) is 0.0352. The molecule has 2 fully saturated rings. The van der Waals surface area contributed by atoms with E-state index >= 15 is 0 Å². The summed E-state index contributed by atoms with van der Waals surface area (Å²) in [5.41, 5.74) is -2.12. The first kappa shape index (κ1) is 27.3. The minimum atomic E-state index is -1.06. The zero-order valence-electron chi connectivity index (χ0n) is 22.0. The summed E-state index contributed by atoms with van der Waals surface area (Å²) in [7, 11) is 0. The molecule has 3 heterocycles. The van der Waals surface area contributed by atoms with Crippen molar-refractivity contribution in [2.45, 2.75) is 115 Å². The van der Waals surface area contributed by atoms with Gasteiger partial charge in [0.15, 0.2) is 0 Å². The molecule has 0 unspecified atom stereocenters. The number of ether oxygens (including phenoxy) is 2. The molecule has 0 saturated carbocycles. The number of piperidine rings is 2. The first-order valence-corrected chi connectivity index (χ1v) is 11.9. The average Bonchev–Trinajstić information content (AvgIpc) is 2.67. The maximum atomic E-state index is 11.1. The highest BCUT2D eigenvalue weighted by Crippen LogP contribution is 2.39. The van der Waals surface area contributed by atoms with Crippen LogP contribution in [0.15, 0.2) is 0 Å². The molecule has 4 N–H and O–H groups in total. The smallest absolute Gasteiger partial charge is 0.324 e. The largest absolute Gasteiger partial charge is 0.480 e. The molecule has 0 spiro atoms. The fourth-order valence-electron chi connectivity index (χ4n) is 5.50. The molecule has 2 saturated heterocycles. The number of carbonyl (C=O) groups is 1. The number of rotatable bonds is 7. The molecule has 2 aliphatic heterocycles. The van der Waals surface area contributed by atoms with Gasteiger partial charge in [0.05, 0.1) is 0 Å². The van der Waals surface area contributed by atoms with Crippen molar-refractivity contribution in [1.82, 2.24) is 25.1 Å². The van der Waals surface area contributed by atoms with Crippen molar-refractivity contribution in [3.8, 4) is 12.0 Å². The van der Waals surface area contributed by atoms with Gasteiger partial charge in [0.1, 0.15) is 18.8 Å². The van der Waals surface area contributed by atoms with E-state index in [9.17, 15) is 15.2 Å². The van der Waals surface area contributed by atoms with Crippen molar-refractivity contribution < 1.29 is 29.8 Å². The molecule has 0 amide bonds. The molecule has 3 rings (SSSR count). The van der Waals surface area contributed by atoms with Crippen LogP contribution in [0.4, 0.5) is 5.95 Å². The third-order valence-corrected chi connectivity index (χ3v) is 6.74. The zero-order valence-corrected chi connectivity index (χ0v) is 22.0. The summed E-state index contributed by atoms with van der Waals surface area (Å²) in [5.74, 6) is -1.03. The SMILES string of the molecule is CC1(C)CC(Oc2nc(NCC(=O)O)nc(OC3CC(C)(C)N(O)C(C)(C)C3)n2)CC(C)(C)N1O. The number of nitrogens with zero attached hydrogens (tertiary/aromatic N) is 5. The number of nitrogens with one attached hydrogen (secondary N) is 1. The van der Waals surface area contributed by atoms with Crippen molar-refractivity contribution in [3.63, 3.8) is 0 Å². The standard InChI is InChI=1S/C23H40N6O6/c1-20(2)9-14(10-21(3,4)28(20)32)34-18-25-17(24-13-16(30)31)26-19(27-18)35-15-11-22(5,6)29(33)23(7,8)12-15/h14-15,32-33H,9-13H2,1-8H3,(H,30,31)(H,24,25,26,27). The van der Waals surface area contributed by atoms with Crippen LogP contribution in [0.2, 0.25) is 0 Å². The van der Waals surface area contributed by atoms with E-state index in [1.54, 1.807) is 0 Å². The monoisotopic (exact) mass is 496 g/mol. The number of hydrogen-bond donors (Lipinski definition) is 4. The topological polar surface area (TPSA) is 153 Å². The van der Waals surface area contributed by atoms with E-state index in [2.05, 4.69) is 20.3 Å². The number of aliphatic carboxylic acids is 1. The van der Waals surface area contributed by atoms with E-state index < -0.39 is 28.1 Å². The molecule has 12 nitrogen and oxygen atoms in total. The van der Waals surface area contributed by atoms with Crippen molar-refractivity contribution in [2.75, 3.05) is 11.9 Å². The van der Waals surface area contributed by atoms with E-state index in [0.717, 1.165) is 0 Å². The maximum Gasteiger partial charge on any atom is 0.324 e. The molecule has 1 aromatic rings. The van der Waals surface area contributed by atoms with Crippen molar-refractivity contribution >= 4 is 11.9 Å². The highest BCUT2D eigenvalue weighted by Gasteiger charge is 2.47. The van der Waals surface area contributed by atoms with Gasteiger partial charge in [-0.2, -0.15) is 20.1 Å². The van der Waals surface area contributed by atoms with Gasteiger partial charge in [-0.15, -0.1) is 4.98 Å². The molecule has 198 valence electrons. The number of hydrogen-bond acceptors (Lipinski definition) is 11. The average molecular weight is 497 g/mol. The molecule has 2 aliphatic rings. The molecule has 0 bridgehead atoms. The fraction of sp³-hybridized carbons (Fsp3) is 0.826. The van der Waals surface area contributed by atoms with Gasteiger partial charge >= 0.3 is 18.0 Å². The predicted octanol–water partition coefficient (Wildman–Crippen LogP) is 2.95. The van der Waals surface area contributed by atoms with Crippen LogP contribution in [0.5, 0.6) is 12.0 Å². The number of carboxylic acids is 1. The molecule has 0 radical (unpaired) electrons. The lowest BCUT2D eigenvalue weighted by Crippen LogP contribution is -2.61. The normalized spacial score (nSPS) is 24.6. The van der Waals surface area contributed by atoms with Crippen LogP contribution < -0.4 is 14.8 Å². The van der Waals surface area contributed by atoms with Crippen LogP contribution in [0.3, 0.4) is 0 Å². The van der Waals surface area contributed by atoms with E-state index in [0.29, 0.717) is 25.7 Å². The lowest BCUT2D eigenvalue weighted by molar-refractivity contribution is -0.255. The van der Waals surface area contributed by atoms with Crippen molar-refractivity contribution in [1.29, 1.82) is 0 Å². The second-order valence-electron chi connectivity index (χ2n) is 12.1. The van der Waals surface area contributed by atoms with Crippen LogP contribution in [-0.4, -0.2) is 87.5 Å². The summed E-state index contributed by atoms with van der Waals surface area (Å²) in [5, 5.41) is 35.6. The summed E-state index contributed by atoms with van der Waals surface area (Å²) >= 11 is 0. The fourth-order valence-corrected chi connectivity index (χ4v) is 5.50. The maximum absolute atomic E-state index is 11.1. The van der Waals surface area contributed by atoms with Gasteiger partial charge in [-0.3, -0.25) is 4.79 Å². The summed E-state index contributed by atoms with van der Waals surface area (Å²) in [6.45, 7) is 15.1. The minimum absolute atomic E-state index is 0.0176. The van der Waals surface area contributed by atoms with E-state index in [1.807, 2.05) is 55.4 Å². The van der Waals surface area contributed by atoms with Gasteiger partial charge in [-0.25, -0.2) is 0 Å². The Balaban J connectivity index is 1.85. The Morgan fingerprint density at radius 3 is 1.46 bits per heavy atom. The summed E-state index contributed by atoms with van der Waals surface area (Å²) in [4.78, 5) is 23.9. The summed E-state index contributed by atoms with van der Waals surface area (Å²) < 4.78 is 12.3. The number of hydroxylamine groups is 4. The molecule has 12 heteroatoms. The van der Waals surface area contributed by atoms with Gasteiger partial charge in [-0.05, 0) is 55.4 Å². The first-order valence-electron chi connectivity index (χ1n) is 11.9. The molecule has 0 aliphatic carbocycles. The van der Waals surface area contributed by atoms with Crippen LogP contribution >= 0.6 is 0 Å². The number of carboxylic acid groups (broad SMARTS) is 1. The van der Waals surface area contributed by atoms with E-state index in [1.165, 1.54) is 10.1 Å². The Hall–Kier alpha value is -2.28. The van der Waals surface area contributed by atoms with Crippen LogP contribution in [-0.2, 0) is 4.79 Å².